The van der Waals surface area contributed by atoms with Crippen molar-refractivity contribution in [3.63, 3.8) is 0 Å². The lowest BCUT2D eigenvalue weighted by molar-refractivity contribution is -0.168. The van der Waals surface area contributed by atoms with E-state index >= 15 is 0 Å². The van der Waals surface area contributed by atoms with Crippen LogP contribution in [-0.4, -0.2) is 31.3 Å². The smallest absolute Gasteiger partial charge is 0.359 e. The normalized spacial score (nSPS) is 10.8. The van der Waals surface area contributed by atoms with E-state index in [1.807, 2.05) is 6.07 Å². The van der Waals surface area contributed by atoms with Gasteiger partial charge in [-0.25, -0.2) is 14.0 Å². The van der Waals surface area contributed by atoms with Gasteiger partial charge in [0, 0.05) is 0 Å². The number of carbonyl (C=O) groups excluding carboxylic acids is 2. The molecule has 0 aliphatic rings. The number of benzene rings is 1. The minimum Gasteiger partial charge on any atom is -0.473 e. The number of allylic oxidation sites excluding steroid dienone is 1. The number of rotatable bonds is 7. The molecule has 6 nitrogen and oxygen atoms in total. The molecule has 0 bridgehead atoms. The summed E-state index contributed by atoms with van der Waals surface area (Å²) < 4.78 is 27.4. The van der Waals surface area contributed by atoms with Gasteiger partial charge in [0.15, 0.2) is 0 Å². The van der Waals surface area contributed by atoms with Crippen molar-refractivity contribution in [2.75, 3.05) is 13.2 Å². The highest BCUT2D eigenvalue weighted by Crippen LogP contribution is 2.15. The Labute approximate surface area is 133 Å². The largest absolute Gasteiger partial charge is 0.473 e. The van der Waals surface area contributed by atoms with Crippen LogP contribution in [0.1, 0.15) is 19.4 Å². The molecule has 0 saturated heterocycles. The SMILES string of the molecule is CCOC(=O)C(O/C=C(/C#N)c1ccc(F)cc1)C(=O)OCC. The van der Waals surface area contributed by atoms with Gasteiger partial charge in [0.1, 0.15) is 18.1 Å². The molecular weight excluding hydrogens is 305 g/mol. The van der Waals surface area contributed by atoms with Gasteiger partial charge in [0.05, 0.1) is 18.8 Å². The summed E-state index contributed by atoms with van der Waals surface area (Å²) in [6, 6.07) is 6.94. The van der Waals surface area contributed by atoms with E-state index in [4.69, 9.17) is 19.5 Å². The molecule has 0 saturated carbocycles. The molecule has 0 spiro atoms. The molecule has 0 aliphatic carbocycles. The van der Waals surface area contributed by atoms with E-state index in [-0.39, 0.29) is 18.8 Å². The summed E-state index contributed by atoms with van der Waals surface area (Å²) in [6.07, 6.45) is -0.676. The Kier molecular flexibility index (Phi) is 7.27. The van der Waals surface area contributed by atoms with Crippen LogP contribution >= 0.6 is 0 Å². The average Bonchev–Trinajstić information content (AvgIpc) is 2.53. The zero-order valence-corrected chi connectivity index (χ0v) is 12.7. The zero-order valence-electron chi connectivity index (χ0n) is 12.7. The Bertz CT molecular complexity index is 600. The maximum atomic E-state index is 12.9. The summed E-state index contributed by atoms with van der Waals surface area (Å²) in [5.74, 6) is -2.29. The molecule has 122 valence electrons. The Hall–Kier alpha value is -2.88. The first-order chi connectivity index (χ1) is 11.0. The summed E-state index contributed by atoms with van der Waals surface area (Å²) in [7, 11) is 0. The Morgan fingerprint density at radius 1 is 1.17 bits per heavy atom. The lowest BCUT2D eigenvalue weighted by Crippen LogP contribution is -2.35. The van der Waals surface area contributed by atoms with Crippen molar-refractivity contribution in [2.24, 2.45) is 0 Å². The van der Waals surface area contributed by atoms with E-state index in [1.54, 1.807) is 13.8 Å². The highest BCUT2D eigenvalue weighted by molar-refractivity contribution is 5.98. The van der Waals surface area contributed by atoms with Crippen molar-refractivity contribution in [2.45, 2.75) is 20.0 Å². The number of esters is 2. The highest BCUT2D eigenvalue weighted by atomic mass is 19.1. The molecule has 0 heterocycles. The monoisotopic (exact) mass is 321 g/mol. The Morgan fingerprint density at radius 3 is 2.13 bits per heavy atom. The molecule has 0 fully saturated rings. The van der Waals surface area contributed by atoms with Crippen LogP contribution in [0.15, 0.2) is 30.5 Å². The summed E-state index contributed by atoms with van der Waals surface area (Å²) in [5, 5.41) is 9.12. The van der Waals surface area contributed by atoms with Gasteiger partial charge in [-0.15, -0.1) is 0 Å². The van der Waals surface area contributed by atoms with Crippen LogP contribution in [0.4, 0.5) is 4.39 Å². The minimum atomic E-state index is -1.63. The molecule has 1 aromatic rings. The van der Waals surface area contributed by atoms with Crippen molar-refractivity contribution in [1.29, 1.82) is 5.26 Å². The third-order valence-electron chi connectivity index (χ3n) is 2.60. The fraction of sp³-hybridized carbons (Fsp3) is 0.312. The fourth-order valence-electron chi connectivity index (χ4n) is 1.57. The standard InChI is InChI=1S/C16H16FNO5/c1-3-21-15(19)14(16(20)22-4-2)23-10-12(9-18)11-5-7-13(17)8-6-11/h5-8,10,14H,3-4H2,1-2H3/b12-10-. The van der Waals surface area contributed by atoms with Gasteiger partial charge in [0.2, 0.25) is 0 Å². The maximum absolute atomic E-state index is 12.9. The third kappa shape index (κ3) is 5.43. The van der Waals surface area contributed by atoms with Crippen LogP contribution in [0.3, 0.4) is 0 Å². The molecule has 1 aromatic carbocycles. The number of ether oxygens (including phenoxy) is 3. The lowest BCUT2D eigenvalue weighted by atomic mass is 10.1. The molecule has 0 radical (unpaired) electrons. The van der Waals surface area contributed by atoms with E-state index in [1.165, 1.54) is 24.3 Å². The molecule has 0 atom stereocenters. The Morgan fingerprint density at radius 2 is 1.70 bits per heavy atom. The number of carbonyl (C=O) groups is 2. The van der Waals surface area contributed by atoms with Crippen LogP contribution in [0.25, 0.3) is 5.57 Å². The molecule has 0 amide bonds. The zero-order chi connectivity index (χ0) is 17.2. The fourth-order valence-corrected chi connectivity index (χ4v) is 1.57. The molecule has 0 aromatic heterocycles. The summed E-state index contributed by atoms with van der Waals surface area (Å²) in [4.78, 5) is 23.5. The van der Waals surface area contributed by atoms with Gasteiger partial charge in [-0.05, 0) is 31.5 Å². The first-order valence-electron chi connectivity index (χ1n) is 6.88. The van der Waals surface area contributed by atoms with Gasteiger partial charge in [-0.3, -0.25) is 0 Å². The van der Waals surface area contributed by atoms with Crippen molar-refractivity contribution in [1.82, 2.24) is 0 Å². The molecule has 1 rings (SSSR count). The summed E-state index contributed by atoms with van der Waals surface area (Å²) >= 11 is 0. The average molecular weight is 321 g/mol. The topological polar surface area (TPSA) is 85.6 Å². The van der Waals surface area contributed by atoms with E-state index in [2.05, 4.69) is 0 Å². The van der Waals surface area contributed by atoms with Gasteiger partial charge in [-0.1, -0.05) is 12.1 Å². The summed E-state index contributed by atoms with van der Waals surface area (Å²) in [5.41, 5.74) is 0.393. The van der Waals surface area contributed by atoms with E-state index in [9.17, 15) is 14.0 Å². The van der Waals surface area contributed by atoms with Crippen LogP contribution in [0, 0.1) is 17.1 Å². The quantitative estimate of drug-likeness (QED) is 0.331. The molecule has 23 heavy (non-hydrogen) atoms. The molecule has 0 N–H and O–H groups in total. The van der Waals surface area contributed by atoms with E-state index in [0.29, 0.717) is 5.56 Å². The number of hydrogen-bond acceptors (Lipinski definition) is 6. The first-order valence-corrected chi connectivity index (χ1v) is 6.88. The second kappa shape index (κ2) is 9.20. The first kappa shape index (κ1) is 18.2. The van der Waals surface area contributed by atoms with Gasteiger partial charge in [-0.2, -0.15) is 5.26 Å². The van der Waals surface area contributed by atoms with E-state index in [0.717, 1.165) is 6.26 Å². The predicted octanol–water partition coefficient (Wildman–Crippen LogP) is 2.20. The molecule has 0 unspecified atom stereocenters. The van der Waals surface area contributed by atoms with Crippen molar-refractivity contribution < 1.29 is 28.2 Å². The van der Waals surface area contributed by atoms with Crippen LogP contribution in [-0.2, 0) is 23.8 Å². The minimum absolute atomic E-state index is 0.0172. The van der Waals surface area contributed by atoms with Crippen molar-refractivity contribution >= 4 is 17.5 Å². The van der Waals surface area contributed by atoms with Gasteiger partial charge >= 0.3 is 11.9 Å². The lowest BCUT2D eigenvalue weighted by Gasteiger charge is -2.14. The van der Waals surface area contributed by atoms with Gasteiger partial charge in [0.25, 0.3) is 6.10 Å². The predicted molar refractivity (Wildman–Crippen MR) is 78.1 cm³/mol. The third-order valence-corrected chi connectivity index (χ3v) is 2.60. The summed E-state index contributed by atoms with van der Waals surface area (Å²) in [6.45, 7) is 3.28. The highest BCUT2D eigenvalue weighted by Gasteiger charge is 2.31. The van der Waals surface area contributed by atoms with Crippen LogP contribution < -0.4 is 0 Å². The van der Waals surface area contributed by atoms with Crippen LogP contribution in [0.2, 0.25) is 0 Å². The molecular formula is C16H16FNO5. The van der Waals surface area contributed by atoms with Crippen molar-refractivity contribution in [3.8, 4) is 6.07 Å². The van der Waals surface area contributed by atoms with E-state index < -0.39 is 23.9 Å². The Balaban J connectivity index is 2.96. The molecule has 0 aliphatic heterocycles. The number of nitriles is 1. The number of nitrogens with zero attached hydrogens (tertiary/aromatic N) is 1. The van der Waals surface area contributed by atoms with Crippen LogP contribution in [0.5, 0.6) is 0 Å². The van der Waals surface area contributed by atoms with Crippen molar-refractivity contribution in [3.05, 3.63) is 41.9 Å². The number of hydrogen-bond donors (Lipinski definition) is 0. The molecule has 7 heteroatoms. The second-order valence-corrected chi connectivity index (χ2v) is 4.17. The number of halogens is 1. The second-order valence-electron chi connectivity index (χ2n) is 4.17. The maximum Gasteiger partial charge on any atom is 0.359 e. The van der Waals surface area contributed by atoms with Gasteiger partial charge < -0.3 is 14.2 Å².